The van der Waals surface area contributed by atoms with E-state index in [4.69, 9.17) is 0 Å². The molecule has 1 amide bonds. The molecule has 19 heavy (non-hydrogen) atoms. The van der Waals surface area contributed by atoms with E-state index in [9.17, 15) is 4.79 Å². The van der Waals surface area contributed by atoms with E-state index in [1.54, 1.807) is 0 Å². The van der Waals surface area contributed by atoms with Crippen molar-refractivity contribution < 1.29 is 4.79 Å². The highest BCUT2D eigenvalue weighted by atomic mass is 16.2. The lowest BCUT2D eigenvalue weighted by atomic mass is 9.80. The van der Waals surface area contributed by atoms with E-state index < -0.39 is 0 Å². The van der Waals surface area contributed by atoms with Crippen molar-refractivity contribution in [2.24, 2.45) is 11.8 Å². The first-order chi connectivity index (χ1) is 9.02. The van der Waals surface area contributed by atoms with Crippen molar-refractivity contribution in [1.82, 2.24) is 10.6 Å². The molecule has 0 aromatic rings. The van der Waals surface area contributed by atoms with Crippen LogP contribution in [-0.4, -0.2) is 24.5 Å². The highest BCUT2D eigenvalue weighted by molar-refractivity contribution is 5.81. The van der Waals surface area contributed by atoms with E-state index in [-0.39, 0.29) is 11.9 Å². The van der Waals surface area contributed by atoms with Crippen molar-refractivity contribution in [2.75, 3.05) is 6.54 Å². The number of unbranched alkanes of at least 4 members (excludes halogenated alkanes) is 2. The van der Waals surface area contributed by atoms with E-state index in [0.29, 0.717) is 6.04 Å². The number of hydrogen-bond donors (Lipinski definition) is 2. The highest BCUT2D eigenvalue weighted by Gasteiger charge is 2.26. The molecule has 3 heteroatoms. The Morgan fingerprint density at radius 1 is 1.16 bits per heavy atom. The summed E-state index contributed by atoms with van der Waals surface area (Å²) in [6.07, 6.45) is 7.22. The molecule has 0 aromatic carbocycles. The van der Waals surface area contributed by atoms with Crippen LogP contribution in [-0.2, 0) is 4.79 Å². The maximum Gasteiger partial charge on any atom is 0.236 e. The molecule has 1 rings (SSSR count). The summed E-state index contributed by atoms with van der Waals surface area (Å²) in [5, 5.41) is 6.54. The van der Waals surface area contributed by atoms with Crippen LogP contribution in [0, 0.1) is 11.8 Å². The number of carbonyl (C=O) groups is 1. The van der Waals surface area contributed by atoms with Gasteiger partial charge in [-0.2, -0.15) is 0 Å². The molecule has 0 aliphatic heterocycles. The molecule has 1 aliphatic carbocycles. The van der Waals surface area contributed by atoms with Crippen LogP contribution < -0.4 is 10.6 Å². The van der Waals surface area contributed by atoms with Crippen LogP contribution in [0.25, 0.3) is 0 Å². The van der Waals surface area contributed by atoms with Crippen molar-refractivity contribution in [3.05, 3.63) is 0 Å². The predicted octanol–water partition coefficient (Wildman–Crippen LogP) is 3.10. The largest absolute Gasteiger partial charge is 0.355 e. The minimum Gasteiger partial charge on any atom is -0.355 e. The average molecular weight is 268 g/mol. The lowest BCUT2D eigenvalue weighted by Gasteiger charge is -2.33. The van der Waals surface area contributed by atoms with Crippen LogP contribution in [0.5, 0.6) is 0 Å². The molecule has 1 fully saturated rings. The Balaban J connectivity index is 2.25. The Kier molecular flexibility index (Phi) is 7.44. The number of amides is 1. The standard InChI is InChI=1S/C16H32N2O/c1-5-6-7-8-17-16(19)14(4)18-15-10-12(2)9-13(3)11-15/h12-15,18H,5-11H2,1-4H3,(H,17,19). The van der Waals surface area contributed by atoms with Crippen molar-refractivity contribution in [3.8, 4) is 0 Å². The molecular formula is C16H32N2O. The fourth-order valence-electron chi connectivity index (χ4n) is 3.25. The van der Waals surface area contributed by atoms with Crippen LogP contribution >= 0.6 is 0 Å². The Hall–Kier alpha value is -0.570. The number of carbonyl (C=O) groups excluding carboxylic acids is 1. The summed E-state index contributed by atoms with van der Waals surface area (Å²) in [5.74, 6) is 1.71. The van der Waals surface area contributed by atoms with Gasteiger partial charge in [0.2, 0.25) is 5.91 Å². The van der Waals surface area contributed by atoms with Gasteiger partial charge in [0.1, 0.15) is 0 Å². The Bertz CT molecular complexity index is 257. The molecule has 0 radical (unpaired) electrons. The topological polar surface area (TPSA) is 41.1 Å². The second kappa shape index (κ2) is 8.57. The van der Waals surface area contributed by atoms with Gasteiger partial charge in [-0.3, -0.25) is 4.79 Å². The van der Waals surface area contributed by atoms with Crippen LogP contribution in [0.1, 0.15) is 66.2 Å². The van der Waals surface area contributed by atoms with Gasteiger partial charge in [-0.05, 0) is 44.4 Å². The second-order valence-corrected chi connectivity index (χ2v) is 6.50. The smallest absolute Gasteiger partial charge is 0.236 e. The zero-order chi connectivity index (χ0) is 14.3. The minimum absolute atomic E-state index is 0.0656. The van der Waals surface area contributed by atoms with Gasteiger partial charge in [0.25, 0.3) is 0 Å². The SMILES string of the molecule is CCCCCNC(=O)C(C)NC1CC(C)CC(C)C1. The molecule has 3 atom stereocenters. The van der Waals surface area contributed by atoms with Crippen LogP contribution in [0.3, 0.4) is 0 Å². The summed E-state index contributed by atoms with van der Waals surface area (Å²) in [5.41, 5.74) is 0. The molecule has 112 valence electrons. The predicted molar refractivity (Wildman–Crippen MR) is 81.1 cm³/mol. The van der Waals surface area contributed by atoms with Gasteiger partial charge in [-0.1, -0.05) is 33.6 Å². The monoisotopic (exact) mass is 268 g/mol. The van der Waals surface area contributed by atoms with E-state index in [1.807, 2.05) is 6.92 Å². The molecule has 0 saturated heterocycles. The zero-order valence-corrected chi connectivity index (χ0v) is 13.2. The van der Waals surface area contributed by atoms with Crippen molar-refractivity contribution >= 4 is 5.91 Å². The van der Waals surface area contributed by atoms with Gasteiger partial charge in [-0.15, -0.1) is 0 Å². The van der Waals surface area contributed by atoms with Crippen molar-refractivity contribution in [1.29, 1.82) is 0 Å². The third kappa shape index (κ3) is 6.42. The Morgan fingerprint density at radius 2 is 1.79 bits per heavy atom. The Labute approximate surface area is 118 Å². The summed E-state index contributed by atoms with van der Waals surface area (Å²) < 4.78 is 0. The molecule has 1 saturated carbocycles. The summed E-state index contributed by atoms with van der Waals surface area (Å²) >= 11 is 0. The molecular weight excluding hydrogens is 236 g/mol. The fraction of sp³-hybridized carbons (Fsp3) is 0.938. The Morgan fingerprint density at radius 3 is 2.37 bits per heavy atom. The van der Waals surface area contributed by atoms with Gasteiger partial charge in [0.05, 0.1) is 6.04 Å². The van der Waals surface area contributed by atoms with Gasteiger partial charge in [0, 0.05) is 12.6 Å². The van der Waals surface area contributed by atoms with E-state index in [1.165, 1.54) is 32.1 Å². The minimum atomic E-state index is -0.0656. The average Bonchev–Trinajstić information content (AvgIpc) is 2.33. The molecule has 0 spiro atoms. The lowest BCUT2D eigenvalue weighted by molar-refractivity contribution is -0.123. The summed E-state index contributed by atoms with van der Waals surface area (Å²) in [7, 11) is 0. The van der Waals surface area contributed by atoms with Gasteiger partial charge < -0.3 is 10.6 Å². The molecule has 3 nitrogen and oxygen atoms in total. The lowest BCUT2D eigenvalue weighted by Crippen LogP contribution is -2.48. The first-order valence-electron chi connectivity index (χ1n) is 8.06. The third-order valence-electron chi connectivity index (χ3n) is 4.14. The van der Waals surface area contributed by atoms with E-state index in [0.717, 1.165) is 24.8 Å². The molecule has 1 aliphatic rings. The second-order valence-electron chi connectivity index (χ2n) is 6.50. The van der Waals surface area contributed by atoms with Crippen LogP contribution in [0.15, 0.2) is 0 Å². The van der Waals surface area contributed by atoms with E-state index in [2.05, 4.69) is 31.4 Å². The van der Waals surface area contributed by atoms with E-state index >= 15 is 0 Å². The first-order valence-corrected chi connectivity index (χ1v) is 8.06. The molecule has 2 N–H and O–H groups in total. The maximum atomic E-state index is 12.0. The number of rotatable bonds is 7. The highest BCUT2D eigenvalue weighted by Crippen LogP contribution is 2.28. The number of hydrogen-bond acceptors (Lipinski definition) is 2. The summed E-state index contributed by atoms with van der Waals surface area (Å²) in [6, 6.07) is 0.444. The first kappa shape index (κ1) is 16.5. The fourth-order valence-corrected chi connectivity index (χ4v) is 3.25. The van der Waals surface area contributed by atoms with Crippen LogP contribution in [0.2, 0.25) is 0 Å². The third-order valence-corrected chi connectivity index (χ3v) is 4.14. The molecule has 3 unspecified atom stereocenters. The summed E-state index contributed by atoms with van der Waals surface area (Å²) in [4.78, 5) is 12.0. The molecule has 0 heterocycles. The number of nitrogens with one attached hydrogen (secondary N) is 2. The maximum absolute atomic E-state index is 12.0. The van der Waals surface area contributed by atoms with Crippen LogP contribution in [0.4, 0.5) is 0 Å². The van der Waals surface area contributed by atoms with Gasteiger partial charge in [-0.25, -0.2) is 0 Å². The van der Waals surface area contributed by atoms with Crippen molar-refractivity contribution in [2.45, 2.75) is 78.3 Å². The van der Waals surface area contributed by atoms with Crippen molar-refractivity contribution in [3.63, 3.8) is 0 Å². The van der Waals surface area contributed by atoms with Gasteiger partial charge >= 0.3 is 0 Å². The zero-order valence-electron chi connectivity index (χ0n) is 13.2. The normalized spacial score (nSPS) is 28.9. The summed E-state index contributed by atoms with van der Waals surface area (Å²) in [6.45, 7) is 9.62. The quantitative estimate of drug-likeness (QED) is 0.697. The molecule has 0 bridgehead atoms. The molecule has 0 aromatic heterocycles. The van der Waals surface area contributed by atoms with Gasteiger partial charge in [0.15, 0.2) is 0 Å².